The van der Waals surface area contributed by atoms with Gasteiger partial charge in [-0.3, -0.25) is 4.79 Å². The molecule has 0 fully saturated rings. The monoisotopic (exact) mass is 432 g/mol. The maximum atomic E-state index is 12.5. The second-order valence-electron chi connectivity index (χ2n) is 5.38. The van der Waals surface area contributed by atoms with Crippen LogP contribution < -0.4 is 14.3 Å². The third-order valence-corrected chi connectivity index (χ3v) is 5.36. The van der Waals surface area contributed by atoms with Crippen molar-refractivity contribution < 1.29 is 14.3 Å². The summed E-state index contributed by atoms with van der Waals surface area (Å²) in [7, 11) is 3.19. The highest BCUT2D eigenvalue weighted by atomic mass is 79.9. The van der Waals surface area contributed by atoms with E-state index in [4.69, 9.17) is 9.47 Å². The number of methoxy groups -OCH3 is 2. The van der Waals surface area contributed by atoms with E-state index in [2.05, 4.69) is 27.5 Å². The lowest BCUT2D eigenvalue weighted by Crippen LogP contribution is -2.16. The number of ether oxygens (including phenoxy) is 2. The van der Waals surface area contributed by atoms with E-state index in [0.29, 0.717) is 28.4 Å². The molecule has 0 N–H and O–H groups in total. The van der Waals surface area contributed by atoms with Gasteiger partial charge in [0.25, 0.3) is 5.91 Å². The number of fused-ring (bicyclic) bond motifs is 1. The second-order valence-corrected chi connectivity index (χ2v) is 7.31. The summed E-state index contributed by atoms with van der Waals surface area (Å²) in [6.45, 7) is 4.33. The van der Waals surface area contributed by atoms with Crippen molar-refractivity contribution in [1.82, 2.24) is 4.57 Å². The maximum Gasteiger partial charge on any atom is 0.279 e. The van der Waals surface area contributed by atoms with Gasteiger partial charge in [-0.25, -0.2) is 0 Å². The largest absolute Gasteiger partial charge is 0.493 e. The fraction of sp³-hybridized carbons (Fsp3) is 0.158. The number of carbonyl (C=O) groups excluding carboxylic acids is 1. The lowest BCUT2D eigenvalue weighted by molar-refractivity contribution is 0.0998. The van der Waals surface area contributed by atoms with Crippen molar-refractivity contribution in [1.29, 1.82) is 0 Å². The highest BCUT2D eigenvalue weighted by molar-refractivity contribution is 9.10. The third kappa shape index (κ3) is 3.59. The van der Waals surface area contributed by atoms with E-state index in [1.54, 1.807) is 32.4 Å². The van der Waals surface area contributed by atoms with Crippen molar-refractivity contribution in [2.45, 2.75) is 6.54 Å². The minimum atomic E-state index is -0.291. The van der Waals surface area contributed by atoms with E-state index in [1.807, 2.05) is 28.8 Å². The van der Waals surface area contributed by atoms with Crippen LogP contribution in [0.5, 0.6) is 11.5 Å². The fourth-order valence-corrected chi connectivity index (χ4v) is 3.84. The van der Waals surface area contributed by atoms with Crippen molar-refractivity contribution in [3.8, 4) is 11.5 Å². The number of hydrogen-bond acceptors (Lipinski definition) is 4. The van der Waals surface area contributed by atoms with Gasteiger partial charge in [-0.15, -0.1) is 6.58 Å². The molecule has 0 aliphatic rings. The molecule has 3 aromatic rings. The summed E-state index contributed by atoms with van der Waals surface area (Å²) in [5.74, 6) is 0.972. The molecule has 0 bridgehead atoms. The quantitative estimate of drug-likeness (QED) is 0.561. The van der Waals surface area contributed by atoms with Gasteiger partial charge >= 0.3 is 0 Å². The Kier molecular flexibility index (Phi) is 5.58. The zero-order valence-corrected chi connectivity index (χ0v) is 16.8. The van der Waals surface area contributed by atoms with Crippen LogP contribution in [0.25, 0.3) is 10.2 Å². The van der Waals surface area contributed by atoms with Crippen LogP contribution in [0.3, 0.4) is 0 Å². The average Bonchev–Trinajstić information content (AvgIpc) is 2.97. The van der Waals surface area contributed by atoms with Crippen molar-refractivity contribution >= 4 is 43.4 Å². The lowest BCUT2D eigenvalue weighted by atomic mass is 10.2. The van der Waals surface area contributed by atoms with Crippen molar-refractivity contribution in [3.63, 3.8) is 0 Å². The number of thiazole rings is 1. The molecule has 2 aromatic carbocycles. The number of allylic oxidation sites excluding steroid dienone is 1. The molecule has 0 spiro atoms. The van der Waals surface area contributed by atoms with E-state index < -0.39 is 0 Å². The Labute approximate surface area is 163 Å². The maximum absolute atomic E-state index is 12.5. The first kappa shape index (κ1) is 18.4. The summed E-state index contributed by atoms with van der Waals surface area (Å²) in [4.78, 5) is 17.5. The number of nitrogens with zero attached hydrogens (tertiary/aromatic N) is 2. The fourth-order valence-electron chi connectivity index (χ4n) is 2.53. The van der Waals surface area contributed by atoms with Gasteiger partial charge in [0.05, 0.1) is 24.4 Å². The smallest absolute Gasteiger partial charge is 0.279 e. The molecule has 1 amide bonds. The van der Waals surface area contributed by atoms with E-state index >= 15 is 0 Å². The highest BCUT2D eigenvalue weighted by Crippen LogP contribution is 2.33. The Balaban J connectivity index is 2.17. The molecule has 0 aliphatic carbocycles. The van der Waals surface area contributed by atoms with Gasteiger partial charge in [0.2, 0.25) is 0 Å². The Hall–Kier alpha value is -2.38. The Bertz CT molecular complexity index is 1040. The van der Waals surface area contributed by atoms with Gasteiger partial charge in [-0.05, 0) is 24.3 Å². The Morgan fingerprint density at radius 1 is 1.23 bits per heavy atom. The van der Waals surface area contributed by atoms with Crippen LogP contribution in [0.4, 0.5) is 0 Å². The van der Waals surface area contributed by atoms with Gasteiger partial charge in [-0.1, -0.05) is 33.3 Å². The number of halogens is 1. The highest BCUT2D eigenvalue weighted by Gasteiger charge is 2.13. The molecule has 26 heavy (non-hydrogen) atoms. The molecule has 0 atom stereocenters. The summed E-state index contributed by atoms with van der Waals surface area (Å²) >= 11 is 4.79. The van der Waals surface area contributed by atoms with Gasteiger partial charge in [0, 0.05) is 28.7 Å². The van der Waals surface area contributed by atoms with E-state index in [9.17, 15) is 4.79 Å². The first-order valence-corrected chi connectivity index (χ1v) is 9.39. The standard InChI is InChI=1S/C19H17BrN2O3S/c1-4-9-22-14-10-15(24-2)16(25-3)11-17(14)26-19(22)21-18(23)12-5-7-13(20)8-6-12/h4-8,10-11H,1,9H2,2-3H3. The first-order valence-electron chi connectivity index (χ1n) is 7.78. The zero-order chi connectivity index (χ0) is 18.7. The zero-order valence-electron chi connectivity index (χ0n) is 14.4. The lowest BCUT2D eigenvalue weighted by Gasteiger charge is -2.08. The van der Waals surface area contributed by atoms with E-state index in [0.717, 1.165) is 14.7 Å². The summed E-state index contributed by atoms with van der Waals surface area (Å²) in [5, 5.41) is 0. The van der Waals surface area contributed by atoms with Crippen molar-refractivity contribution in [2.24, 2.45) is 4.99 Å². The molecule has 5 nitrogen and oxygen atoms in total. The summed E-state index contributed by atoms with van der Waals surface area (Å²) in [6, 6.07) is 10.9. The number of aromatic nitrogens is 1. The molecule has 7 heteroatoms. The van der Waals surface area contributed by atoms with Gasteiger partial charge in [0.1, 0.15) is 0 Å². The number of benzene rings is 2. The molecule has 0 saturated carbocycles. The van der Waals surface area contributed by atoms with Crippen LogP contribution in [0.1, 0.15) is 10.4 Å². The number of hydrogen-bond donors (Lipinski definition) is 0. The van der Waals surface area contributed by atoms with Crippen LogP contribution in [-0.4, -0.2) is 24.7 Å². The molecule has 1 aromatic heterocycles. The molecule has 1 heterocycles. The van der Waals surface area contributed by atoms with Gasteiger partial charge in [-0.2, -0.15) is 4.99 Å². The number of rotatable bonds is 5. The van der Waals surface area contributed by atoms with Crippen LogP contribution in [0.2, 0.25) is 0 Å². The van der Waals surface area contributed by atoms with E-state index in [-0.39, 0.29) is 5.91 Å². The predicted molar refractivity (Wildman–Crippen MR) is 107 cm³/mol. The molecule has 0 radical (unpaired) electrons. The second kappa shape index (κ2) is 7.88. The van der Waals surface area contributed by atoms with Crippen LogP contribution >= 0.6 is 27.3 Å². The Morgan fingerprint density at radius 3 is 2.50 bits per heavy atom. The first-order chi connectivity index (χ1) is 12.6. The molecular formula is C19H17BrN2O3S. The van der Waals surface area contributed by atoms with Crippen LogP contribution in [-0.2, 0) is 6.54 Å². The van der Waals surface area contributed by atoms with Gasteiger partial charge in [0.15, 0.2) is 16.3 Å². The molecule has 134 valence electrons. The predicted octanol–water partition coefficient (Wildman–Crippen LogP) is 4.41. The molecular weight excluding hydrogens is 416 g/mol. The SMILES string of the molecule is C=CCn1c(=NC(=O)c2ccc(Br)cc2)sc2cc(OC)c(OC)cc21. The van der Waals surface area contributed by atoms with Crippen LogP contribution in [0.15, 0.2) is 58.5 Å². The Morgan fingerprint density at radius 2 is 1.88 bits per heavy atom. The van der Waals surface area contributed by atoms with E-state index in [1.165, 1.54) is 11.3 Å². The molecule has 0 aliphatic heterocycles. The molecule has 0 unspecified atom stereocenters. The van der Waals surface area contributed by atoms with Crippen LogP contribution in [0, 0.1) is 0 Å². The summed E-state index contributed by atoms with van der Waals surface area (Å²) < 4.78 is 14.6. The normalized spacial score (nSPS) is 11.6. The average molecular weight is 433 g/mol. The number of carbonyl (C=O) groups is 1. The third-order valence-electron chi connectivity index (χ3n) is 3.79. The topological polar surface area (TPSA) is 52.8 Å². The minimum Gasteiger partial charge on any atom is -0.493 e. The molecule has 3 rings (SSSR count). The summed E-state index contributed by atoms with van der Waals surface area (Å²) in [5.41, 5.74) is 1.45. The summed E-state index contributed by atoms with van der Waals surface area (Å²) in [6.07, 6.45) is 1.77. The molecule has 0 saturated heterocycles. The van der Waals surface area contributed by atoms with Gasteiger partial charge < -0.3 is 14.0 Å². The number of amides is 1. The van der Waals surface area contributed by atoms with Crippen molar-refractivity contribution in [2.75, 3.05) is 14.2 Å². The minimum absolute atomic E-state index is 0.291. The van der Waals surface area contributed by atoms with Crippen molar-refractivity contribution in [3.05, 3.63) is 63.9 Å².